The van der Waals surface area contributed by atoms with Crippen molar-refractivity contribution in [3.63, 3.8) is 0 Å². The molecule has 0 spiro atoms. The highest BCUT2D eigenvalue weighted by Crippen LogP contribution is 2.36. The van der Waals surface area contributed by atoms with Crippen LogP contribution in [0, 0.1) is 0 Å². The van der Waals surface area contributed by atoms with Gasteiger partial charge in [-0.15, -0.1) is 11.3 Å². The molecule has 156 valence electrons. The van der Waals surface area contributed by atoms with E-state index in [1.54, 1.807) is 25.6 Å². The van der Waals surface area contributed by atoms with Crippen LogP contribution in [0.2, 0.25) is 0 Å². The predicted molar refractivity (Wildman–Crippen MR) is 112 cm³/mol. The van der Waals surface area contributed by atoms with E-state index in [4.69, 9.17) is 9.47 Å². The van der Waals surface area contributed by atoms with E-state index < -0.39 is 0 Å². The van der Waals surface area contributed by atoms with E-state index in [0.717, 1.165) is 29.2 Å². The van der Waals surface area contributed by atoms with Crippen LogP contribution < -0.4 is 25.0 Å². The minimum absolute atomic E-state index is 0.00519. The Morgan fingerprint density at radius 2 is 1.93 bits per heavy atom. The molecule has 2 atom stereocenters. The lowest BCUT2D eigenvalue weighted by Crippen LogP contribution is -3.14. The van der Waals surface area contributed by atoms with Crippen molar-refractivity contribution in [2.24, 2.45) is 0 Å². The summed E-state index contributed by atoms with van der Waals surface area (Å²) < 4.78 is 11.0. The second-order valence-electron chi connectivity index (χ2n) is 6.92. The maximum Gasteiger partial charge on any atom is 0.275 e. The molecule has 8 heteroatoms. The molecule has 0 fully saturated rings. The third kappa shape index (κ3) is 4.89. The van der Waals surface area contributed by atoms with Gasteiger partial charge in [0.2, 0.25) is 5.91 Å². The fraction of sp³-hybridized carbons (Fsp3) is 0.429. The Balaban J connectivity index is 1.84. The number of hydrogen-bond donors (Lipinski definition) is 3. The van der Waals surface area contributed by atoms with Crippen LogP contribution >= 0.6 is 11.3 Å². The first-order valence-electron chi connectivity index (χ1n) is 9.73. The molecule has 1 aliphatic heterocycles. The largest absolute Gasteiger partial charge is 0.493 e. The number of fused-ring (bicyclic) bond motifs is 1. The first-order valence-corrected chi connectivity index (χ1v) is 10.6. The molecule has 3 N–H and O–H groups in total. The van der Waals surface area contributed by atoms with E-state index >= 15 is 0 Å². The zero-order valence-corrected chi connectivity index (χ0v) is 17.9. The summed E-state index contributed by atoms with van der Waals surface area (Å²) >= 11 is 1.68. The molecule has 2 aromatic rings. The number of thiophene rings is 1. The molecule has 0 radical (unpaired) electrons. The summed E-state index contributed by atoms with van der Waals surface area (Å²) in [6.45, 7) is 3.53. The van der Waals surface area contributed by atoms with E-state index in [9.17, 15) is 9.59 Å². The zero-order chi connectivity index (χ0) is 20.8. The van der Waals surface area contributed by atoms with Crippen LogP contribution in [0.4, 0.5) is 0 Å². The summed E-state index contributed by atoms with van der Waals surface area (Å²) in [5.74, 6) is 1.11. The highest BCUT2D eigenvalue weighted by molar-refractivity contribution is 7.10. The maximum absolute atomic E-state index is 12.5. The third-order valence-electron chi connectivity index (χ3n) is 5.12. The normalized spacial score (nSPS) is 17.9. The molecule has 3 rings (SSSR count). The fourth-order valence-corrected chi connectivity index (χ4v) is 4.69. The molecule has 2 amide bonds. The first-order chi connectivity index (χ1) is 14.1. The maximum atomic E-state index is 12.5. The number of nitrogens with one attached hydrogen (secondary N) is 3. The average molecular weight is 419 g/mol. The molecule has 1 unspecified atom stereocenters. The zero-order valence-electron chi connectivity index (χ0n) is 17.0. The van der Waals surface area contributed by atoms with Crippen molar-refractivity contribution in [3.05, 3.63) is 45.6 Å². The van der Waals surface area contributed by atoms with Crippen molar-refractivity contribution in [2.75, 3.05) is 40.4 Å². The summed E-state index contributed by atoms with van der Waals surface area (Å²) in [5, 5.41) is 7.47. The van der Waals surface area contributed by atoms with Gasteiger partial charge in [-0.05, 0) is 36.1 Å². The van der Waals surface area contributed by atoms with Gasteiger partial charge < -0.3 is 25.0 Å². The van der Waals surface area contributed by atoms with E-state index in [1.165, 1.54) is 10.4 Å². The van der Waals surface area contributed by atoms with Gasteiger partial charge >= 0.3 is 0 Å². The number of amides is 2. The molecule has 0 saturated carbocycles. The van der Waals surface area contributed by atoms with Crippen LogP contribution in [0.3, 0.4) is 0 Å². The van der Waals surface area contributed by atoms with Crippen molar-refractivity contribution < 1.29 is 24.0 Å². The predicted octanol–water partition coefficient (Wildman–Crippen LogP) is 0.548. The fourth-order valence-electron chi connectivity index (χ4n) is 3.79. The summed E-state index contributed by atoms with van der Waals surface area (Å²) in [7, 11) is 3.27. The number of carbonyl (C=O) groups excluding carboxylic acids is 2. The van der Waals surface area contributed by atoms with Crippen molar-refractivity contribution in [1.82, 2.24) is 10.6 Å². The van der Waals surface area contributed by atoms with Gasteiger partial charge in [0.15, 0.2) is 18.0 Å². The van der Waals surface area contributed by atoms with Crippen LogP contribution in [-0.4, -0.2) is 52.2 Å². The number of rotatable bonds is 8. The van der Waals surface area contributed by atoms with E-state index in [2.05, 4.69) is 22.1 Å². The number of ether oxygens (including phenoxy) is 2. The van der Waals surface area contributed by atoms with Crippen LogP contribution in [0.5, 0.6) is 11.5 Å². The molecular formula is C21H28N3O4S+. The molecule has 1 aromatic carbocycles. The molecule has 2 heterocycles. The molecular weight excluding hydrogens is 390 g/mol. The summed E-state index contributed by atoms with van der Waals surface area (Å²) in [4.78, 5) is 26.5. The molecule has 1 aromatic heterocycles. The highest BCUT2D eigenvalue weighted by atomic mass is 32.1. The van der Waals surface area contributed by atoms with E-state index in [1.807, 2.05) is 25.1 Å². The highest BCUT2D eigenvalue weighted by Gasteiger charge is 2.35. The summed E-state index contributed by atoms with van der Waals surface area (Å²) in [6.07, 6.45) is 0.844. The minimum Gasteiger partial charge on any atom is -0.493 e. The quantitative estimate of drug-likeness (QED) is 0.585. The van der Waals surface area contributed by atoms with E-state index in [0.29, 0.717) is 18.8 Å². The molecule has 0 bridgehead atoms. The molecule has 7 nitrogen and oxygen atoms in total. The molecule has 1 aliphatic rings. The second-order valence-corrected chi connectivity index (χ2v) is 7.90. The van der Waals surface area contributed by atoms with Crippen molar-refractivity contribution in [1.29, 1.82) is 0 Å². The lowest BCUT2D eigenvalue weighted by Gasteiger charge is -2.34. The van der Waals surface area contributed by atoms with Crippen LogP contribution in [0.15, 0.2) is 29.6 Å². The van der Waals surface area contributed by atoms with Gasteiger partial charge in [-0.25, -0.2) is 0 Å². The number of hydrogen-bond acceptors (Lipinski definition) is 5. The number of carbonyl (C=O) groups is 2. The summed E-state index contributed by atoms with van der Waals surface area (Å²) in [5.41, 5.74) is 2.37. The topological polar surface area (TPSA) is 81.1 Å². The lowest BCUT2D eigenvalue weighted by atomic mass is 9.91. The Bertz CT molecular complexity index is 854. The lowest BCUT2D eigenvalue weighted by molar-refractivity contribution is -0.919. The molecule has 0 saturated heterocycles. The van der Waals surface area contributed by atoms with Gasteiger partial charge in [0.05, 0.1) is 32.2 Å². The smallest absolute Gasteiger partial charge is 0.275 e. The Hall–Kier alpha value is -2.58. The SMILES string of the molecule is CCNC(=O)CNC(=O)C[NH+]1CCc2cc(OC)c(OC)cc2[C@H]1c1cccs1. The Kier molecular flexibility index (Phi) is 7.11. The monoisotopic (exact) mass is 418 g/mol. The third-order valence-corrected chi connectivity index (χ3v) is 6.05. The van der Waals surface area contributed by atoms with Gasteiger partial charge in [0, 0.05) is 18.5 Å². The van der Waals surface area contributed by atoms with Crippen LogP contribution in [-0.2, 0) is 16.0 Å². The van der Waals surface area contributed by atoms with E-state index in [-0.39, 0.29) is 24.4 Å². The van der Waals surface area contributed by atoms with Gasteiger partial charge in [0.25, 0.3) is 5.91 Å². The van der Waals surface area contributed by atoms with Gasteiger partial charge in [-0.2, -0.15) is 0 Å². The number of benzene rings is 1. The number of likely N-dealkylation sites (N-methyl/N-ethyl adjacent to an activating group) is 1. The van der Waals surface area contributed by atoms with Crippen molar-refractivity contribution in [2.45, 2.75) is 19.4 Å². The van der Waals surface area contributed by atoms with Gasteiger partial charge in [-0.3, -0.25) is 9.59 Å². The summed E-state index contributed by atoms with van der Waals surface area (Å²) in [6, 6.07) is 8.24. The van der Waals surface area contributed by atoms with Crippen LogP contribution in [0.1, 0.15) is 29.0 Å². The van der Waals surface area contributed by atoms with Crippen molar-refractivity contribution >= 4 is 23.2 Å². The minimum atomic E-state index is -0.175. The Morgan fingerprint density at radius 3 is 2.59 bits per heavy atom. The number of quaternary nitrogens is 1. The molecule has 0 aliphatic carbocycles. The Morgan fingerprint density at radius 1 is 1.17 bits per heavy atom. The second kappa shape index (κ2) is 9.76. The van der Waals surface area contributed by atoms with Gasteiger partial charge in [0.1, 0.15) is 6.04 Å². The Labute approximate surface area is 175 Å². The number of methoxy groups -OCH3 is 2. The van der Waals surface area contributed by atoms with Crippen molar-refractivity contribution in [3.8, 4) is 11.5 Å². The van der Waals surface area contributed by atoms with Gasteiger partial charge in [-0.1, -0.05) is 6.07 Å². The van der Waals surface area contributed by atoms with Crippen LogP contribution in [0.25, 0.3) is 0 Å². The molecule has 29 heavy (non-hydrogen) atoms. The average Bonchev–Trinajstić information content (AvgIpc) is 3.25. The standard InChI is InChI=1S/C21H27N3O4S/c1-4-22-19(25)12-23-20(26)13-24-8-7-14-10-16(27-2)17(28-3)11-15(14)21(24)18-6-5-9-29-18/h5-6,9-11,21H,4,7-8,12-13H2,1-3H3,(H,22,25)(H,23,26)/p+1/t21-/m0/s1. The first kappa shape index (κ1) is 21.1.